The monoisotopic (exact) mass is 280 g/mol. The molecule has 7 heteroatoms. The molecule has 19 heavy (non-hydrogen) atoms. The maximum Gasteiger partial charge on any atom is 0.293 e. The second-order valence-electron chi connectivity index (χ2n) is 4.16. The molecule has 2 aromatic rings. The Balaban J connectivity index is 2.29. The zero-order chi connectivity index (χ0) is 14.0. The third-order valence-corrected chi connectivity index (χ3v) is 3.07. The number of nitro benzene ring substituents is 1. The van der Waals surface area contributed by atoms with Crippen molar-refractivity contribution in [1.82, 2.24) is 9.78 Å². The molecule has 0 aliphatic rings. The standard InChI is InChI=1S/C12H13ClN4O2/c1-8(11-5-6-14-16(11)2)15-10-4-3-9(13)7-12(10)17(18)19/h3-8,15H,1-2H3. The van der Waals surface area contributed by atoms with E-state index < -0.39 is 4.92 Å². The van der Waals surface area contributed by atoms with Crippen molar-refractivity contribution in [3.05, 3.63) is 51.3 Å². The third kappa shape index (κ3) is 2.85. The molecule has 0 amide bonds. The van der Waals surface area contributed by atoms with Gasteiger partial charge >= 0.3 is 0 Å². The summed E-state index contributed by atoms with van der Waals surface area (Å²) < 4.78 is 1.72. The predicted octanol–water partition coefficient (Wildman–Crippen LogP) is 3.15. The van der Waals surface area contributed by atoms with E-state index in [4.69, 9.17) is 11.6 Å². The Morgan fingerprint density at radius 1 is 1.47 bits per heavy atom. The van der Waals surface area contributed by atoms with E-state index in [0.29, 0.717) is 10.7 Å². The first-order valence-electron chi connectivity index (χ1n) is 5.67. The predicted molar refractivity (Wildman–Crippen MR) is 73.4 cm³/mol. The van der Waals surface area contributed by atoms with Gasteiger partial charge in [0, 0.05) is 24.3 Å². The second kappa shape index (κ2) is 5.27. The number of nitro groups is 1. The fourth-order valence-electron chi connectivity index (χ4n) is 1.89. The number of anilines is 1. The van der Waals surface area contributed by atoms with Gasteiger partial charge in [0.05, 0.1) is 16.7 Å². The van der Waals surface area contributed by atoms with Crippen LogP contribution in [0.5, 0.6) is 0 Å². The number of nitrogens with zero attached hydrogens (tertiary/aromatic N) is 3. The molecule has 1 N–H and O–H groups in total. The van der Waals surface area contributed by atoms with Gasteiger partial charge < -0.3 is 5.32 Å². The molecule has 0 spiro atoms. The van der Waals surface area contributed by atoms with E-state index in [2.05, 4.69) is 10.4 Å². The van der Waals surface area contributed by atoms with Crippen molar-refractivity contribution in [3.8, 4) is 0 Å². The van der Waals surface area contributed by atoms with E-state index >= 15 is 0 Å². The van der Waals surface area contributed by atoms with E-state index in [-0.39, 0.29) is 11.7 Å². The minimum absolute atomic E-state index is 0.0403. The lowest BCUT2D eigenvalue weighted by Crippen LogP contribution is -2.12. The fourth-order valence-corrected chi connectivity index (χ4v) is 2.06. The van der Waals surface area contributed by atoms with Gasteiger partial charge in [0.15, 0.2) is 0 Å². The van der Waals surface area contributed by atoms with Gasteiger partial charge in [0.2, 0.25) is 0 Å². The molecule has 0 radical (unpaired) electrons. The molecular formula is C12H13ClN4O2. The molecule has 6 nitrogen and oxygen atoms in total. The third-order valence-electron chi connectivity index (χ3n) is 2.83. The molecule has 1 heterocycles. The number of benzene rings is 1. The highest BCUT2D eigenvalue weighted by Gasteiger charge is 2.17. The van der Waals surface area contributed by atoms with Crippen molar-refractivity contribution in [2.24, 2.45) is 7.05 Å². The lowest BCUT2D eigenvalue weighted by Gasteiger charge is -2.15. The van der Waals surface area contributed by atoms with Gasteiger partial charge in [-0.15, -0.1) is 0 Å². The number of nitrogens with one attached hydrogen (secondary N) is 1. The summed E-state index contributed by atoms with van der Waals surface area (Å²) in [5.74, 6) is 0. The van der Waals surface area contributed by atoms with E-state index in [1.54, 1.807) is 23.0 Å². The largest absolute Gasteiger partial charge is 0.371 e. The lowest BCUT2D eigenvalue weighted by molar-refractivity contribution is -0.384. The molecule has 0 saturated heterocycles. The topological polar surface area (TPSA) is 73.0 Å². The van der Waals surface area contributed by atoms with Crippen molar-refractivity contribution in [2.45, 2.75) is 13.0 Å². The zero-order valence-corrected chi connectivity index (χ0v) is 11.3. The highest BCUT2D eigenvalue weighted by molar-refractivity contribution is 6.30. The molecule has 0 bridgehead atoms. The number of aryl methyl sites for hydroxylation is 1. The van der Waals surface area contributed by atoms with Crippen LogP contribution in [0, 0.1) is 10.1 Å². The van der Waals surface area contributed by atoms with E-state index in [9.17, 15) is 10.1 Å². The number of hydrogen-bond acceptors (Lipinski definition) is 4. The first-order chi connectivity index (χ1) is 8.99. The Morgan fingerprint density at radius 2 is 2.21 bits per heavy atom. The Hall–Kier alpha value is -2.08. The van der Waals surface area contributed by atoms with Crippen LogP contribution in [0.15, 0.2) is 30.5 Å². The summed E-state index contributed by atoms with van der Waals surface area (Å²) in [6.45, 7) is 1.91. The lowest BCUT2D eigenvalue weighted by atomic mass is 10.2. The number of halogens is 1. The SMILES string of the molecule is CC(Nc1ccc(Cl)cc1[N+](=O)[O-])c1ccnn1C. The Morgan fingerprint density at radius 3 is 2.79 bits per heavy atom. The summed E-state index contributed by atoms with van der Waals surface area (Å²) >= 11 is 5.78. The maximum atomic E-state index is 11.0. The Bertz CT molecular complexity index is 612. The van der Waals surface area contributed by atoms with Crippen LogP contribution in [0.25, 0.3) is 0 Å². The summed E-state index contributed by atoms with van der Waals surface area (Å²) in [4.78, 5) is 10.5. The van der Waals surface area contributed by atoms with Crippen LogP contribution >= 0.6 is 11.6 Å². The van der Waals surface area contributed by atoms with E-state index in [1.807, 2.05) is 20.0 Å². The van der Waals surface area contributed by atoms with Crippen LogP contribution in [-0.4, -0.2) is 14.7 Å². The Kier molecular flexibility index (Phi) is 3.71. The van der Waals surface area contributed by atoms with Crippen molar-refractivity contribution in [1.29, 1.82) is 0 Å². The molecule has 2 rings (SSSR count). The van der Waals surface area contributed by atoms with Gasteiger partial charge in [-0.25, -0.2) is 0 Å². The smallest absolute Gasteiger partial charge is 0.293 e. The molecular weight excluding hydrogens is 268 g/mol. The molecule has 1 unspecified atom stereocenters. The minimum atomic E-state index is -0.454. The first kappa shape index (κ1) is 13.4. The molecule has 0 fully saturated rings. The fraction of sp³-hybridized carbons (Fsp3) is 0.250. The molecule has 0 saturated carbocycles. The molecule has 0 aliphatic heterocycles. The summed E-state index contributed by atoms with van der Waals surface area (Å²) in [6, 6.07) is 6.31. The zero-order valence-electron chi connectivity index (χ0n) is 10.5. The average molecular weight is 281 g/mol. The van der Waals surface area contributed by atoms with Crippen molar-refractivity contribution in [3.63, 3.8) is 0 Å². The summed E-state index contributed by atoms with van der Waals surface area (Å²) in [5.41, 5.74) is 1.33. The van der Waals surface area contributed by atoms with Gasteiger partial charge in [0.25, 0.3) is 5.69 Å². The number of aromatic nitrogens is 2. The van der Waals surface area contributed by atoms with Crippen LogP contribution < -0.4 is 5.32 Å². The average Bonchev–Trinajstić information content (AvgIpc) is 2.77. The Labute approximate surface area is 115 Å². The number of hydrogen-bond donors (Lipinski definition) is 1. The molecule has 0 aliphatic carbocycles. The molecule has 1 atom stereocenters. The van der Waals surface area contributed by atoms with E-state index in [0.717, 1.165) is 5.69 Å². The highest BCUT2D eigenvalue weighted by Crippen LogP contribution is 2.30. The van der Waals surface area contributed by atoms with Crippen LogP contribution in [-0.2, 0) is 7.05 Å². The van der Waals surface area contributed by atoms with Crippen molar-refractivity contribution in [2.75, 3.05) is 5.32 Å². The summed E-state index contributed by atoms with van der Waals surface area (Å²) in [6.07, 6.45) is 1.68. The van der Waals surface area contributed by atoms with Crippen LogP contribution in [0.4, 0.5) is 11.4 Å². The van der Waals surface area contributed by atoms with E-state index in [1.165, 1.54) is 6.07 Å². The van der Waals surface area contributed by atoms with Crippen LogP contribution in [0.1, 0.15) is 18.7 Å². The second-order valence-corrected chi connectivity index (χ2v) is 4.60. The van der Waals surface area contributed by atoms with Gasteiger partial charge in [-0.3, -0.25) is 14.8 Å². The van der Waals surface area contributed by atoms with Crippen LogP contribution in [0.3, 0.4) is 0 Å². The summed E-state index contributed by atoms with van der Waals surface area (Å²) in [5, 5.41) is 18.5. The van der Waals surface area contributed by atoms with Crippen LogP contribution in [0.2, 0.25) is 5.02 Å². The van der Waals surface area contributed by atoms with Gasteiger partial charge in [-0.1, -0.05) is 11.6 Å². The molecule has 1 aromatic carbocycles. The van der Waals surface area contributed by atoms with Crippen molar-refractivity contribution < 1.29 is 4.92 Å². The minimum Gasteiger partial charge on any atom is -0.371 e. The quantitative estimate of drug-likeness (QED) is 0.690. The number of rotatable bonds is 4. The van der Waals surface area contributed by atoms with Gasteiger partial charge in [-0.05, 0) is 25.1 Å². The van der Waals surface area contributed by atoms with Gasteiger partial charge in [-0.2, -0.15) is 5.10 Å². The first-order valence-corrected chi connectivity index (χ1v) is 6.05. The van der Waals surface area contributed by atoms with Gasteiger partial charge in [0.1, 0.15) is 5.69 Å². The highest BCUT2D eigenvalue weighted by atomic mass is 35.5. The van der Waals surface area contributed by atoms with Crippen molar-refractivity contribution >= 4 is 23.0 Å². The molecule has 100 valence electrons. The molecule has 1 aromatic heterocycles. The summed E-state index contributed by atoms with van der Waals surface area (Å²) in [7, 11) is 1.82. The maximum absolute atomic E-state index is 11.0. The normalized spacial score (nSPS) is 12.2.